The Bertz CT molecular complexity index is 664. The molecule has 0 atom stereocenters. The Balaban J connectivity index is 1.65. The quantitative estimate of drug-likeness (QED) is 0.855. The number of carbonyl (C=O) groups excluding carboxylic acids is 1. The first-order chi connectivity index (χ1) is 10.6. The van der Waals surface area contributed by atoms with Crippen molar-refractivity contribution in [2.45, 2.75) is 6.92 Å². The van der Waals surface area contributed by atoms with Gasteiger partial charge in [-0.2, -0.15) is 0 Å². The largest absolute Gasteiger partial charge is 0.366 e. The van der Waals surface area contributed by atoms with Crippen molar-refractivity contribution >= 4 is 11.6 Å². The van der Waals surface area contributed by atoms with Crippen LogP contribution in [0.4, 0.5) is 10.1 Å². The summed E-state index contributed by atoms with van der Waals surface area (Å²) in [7, 11) is 0. The van der Waals surface area contributed by atoms with Gasteiger partial charge in [0, 0.05) is 38.1 Å². The lowest BCUT2D eigenvalue weighted by atomic mass is 10.2. The Kier molecular flexibility index (Phi) is 4.04. The number of nitrogens with zero attached hydrogens (tertiary/aromatic N) is 3. The molecule has 114 valence electrons. The molecule has 1 aromatic heterocycles. The van der Waals surface area contributed by atoms with E-state index in [1.54, 1.807) is 29.3 Å². The van der Waals surface area contributed by atoms with Gasteiger partial charge in [-0.3, -0.25) is 9.78 Å². The average molecular weight is 299 g/mol. The first-order valence-electron chi connectivity index (χ1n) is 7.36. The molecule has 0 N–H and O–H groups in total. The molecular formula is C17H18FN3O. The van der Waals surface area contributed by atoms with Crippen LogP contribution in [0.15, 0.2) is 42.6 Å². The summed E-state index contributed by atoms with van der Waals surface area (Å²) in [5, 5.41) is 0. The van der Waals surface area contributed by atoms with Crippen molar-refractivity contribution in [3.63, 3.8) is 0 Å². The molecule has 2 aromatic rings. The normalized spacial score (nSPS) is 15.0. The minimum absolute atomic E-state index is 0.0133. The third kappa shape index (κ3) is 2.93. The molecule has 4 nitrogen and oxygen atoms in total. The summed E-state index contributed by atoms with van der Waals surface area (Å²) < 4.78 is 13.8. The molecule has 1 aliphatic rings. The maximum atomic E-state index is 13.8. The van der Waals surface area contributed by atoms with Crippen molar-refractivity contribution in [2.24, 2.45) is 0 Å². The molecule has 1 amide bonds. The SMILES string of the molecule is Cc1ccc(C(=O)N2CCN(c3ccccc3F)CC2)cn1. The van der Waals surface area contributed by atoms with Crippen LogP contribution in [0.5, 0.6) is 0 Å². The van der Waals surface area contributed by atoms with Gasteiger partial charge in [-0.25, -0.2) is 4.39 Å². The van der Waals surface area contributed by atoms with E-state index in [4.69, 9.17) is 0 Å². The van der Waals surface area contributed by atoms with E-state index in [9.17, 15) is 9.18 Å². The number of aryl methyl sites for hydroxylation is 1. The summed E-state index contributed by atoms with van der Waals surface area (Å²) in [6.07, 6.45) is 1.61. The number of pyridine rings is 1. The molecule has 1 aliphatic heterocycles. The van der Waals surface area contributed by atoms with Crippen LogP contribution < -0.4 is 4.90 Å². The predicted octanol–water partition coefficient (Wildman–Crippen LogP) is 2.49. The molecule has 1 aromatic carbocycles. The Morgan fingerprint density at radius 1 is 1.09 bits per heavy atom. The van der Waals surface area contributed by atoms with E-state index in [1.807, 2.05) is 24.0 Å². The van der Waals surface area contributed by atoms with Crippen molar-refractivity contribution in [1.29, 1.82) is 0 Å². The van der Waals surface area contributed by atoms with E-state index >= 15 is 0 Å². The number of aromatic nitrogens is 1. The summed E-state index contributed by atoms with van der Waals surface area (Å²) in [5.74, 6) is -0.231. The van der Waals surface area contributed by atoms with Gasteiger partial charge >= 0.3 is 0 Å². The molecule has 0 saturated carbocycles. The molecule has 2 heterocycles. The molecule has 0 bridgehead atoms. The summed E-state index contributed by atoms with van der Waals surface area (Å²) in [6.45, 7) is 4.32. The van der Waals surface area contributed by atoms with Crippen LogP contribution >= 0.6 is 0 Å². The number of hydrogen-bond donors (Lipinski definition) is 0. The van der Waals surface area contributed by atoms with Gasteiger partial charge in [-0.1, -0.05) is 12.1 Å². The number of rotatable bonds is 2. The highest BCUT2D eigenvalue weighted by atomic mass is 19.1. The summed E-state index contributed by atoms with van der Waals surface area (Å²) in [5.41, 5.74) is 2.09. The van der Waals surface area contributed by atoms with Crippen molar-refractivity contribution in [3.8, 4) is 0 Å². The second-order valence-electron chi connectivity index (χ2n) is 5.42. The van der Waals surface area contributed by atoms with E-state index in [-0.39, 0.29) is 11.7 Å². The standard InChI is InChI=1S/C17H18FN3O/c1-13-6-7-14(12-19-13)17(22)21-10-8-20(9-11-21)16-5-3-2-4-15(16)18/h2-7,12H,8-11H2,1H3. The van der Waals surface area contributed by atoms with Crippen LogP contribution in [0.1, 0.15) is 16.1 Å². The van der Waals surface area contributed by atoms with Crippen molar-refractivity contribution in [2.75, 3.05) is 31.1 Å². The van der Waals surface area contributed by atoms with E-state index in [2.05, 4.69) is 4.98 Å². The van der Waals surface area contributed by atoms with Gasteiger partial charge in [-0.05, 0) is 31.2 Å². The van der Waals surface area contributed by atoms with Gasteiger partial charge in [0.2, 0.25) is 0 Å². The van der Waals surface area contributed by atoms with E-state index < -0.39 is 0 Å². The smallest absolute Gasteiger partial charge is 0.255 e. The summed E-state index contributed by atoms with van der Waals surface area (Å²) >= 11 is 0. The second kappa shape index (κ2) is 6.13. The first-order valence-corrected chi connectivity index (χ1v) is 7.36. The fraction of sp³-hybridized carbons (Fsp3) is 0.294. The zero-order chi connectivity index (χ0) is 15.5. The lowest BCUT2D eigenvalue weighted by Gasteiger charge is -2.36. The lowest BCUT2D eigenvalue weighted by molar-refractivity contribution is 0.0746. The van der Waals surface area contributed by atoms with E-state index in [1.165, 1.54) is 6.07 Å². The van der Waals surface area contributed by atoms with Crippen LogP contribution in [0.3, 0.4) is 0 Å². The van der Waals surface area contributed by atoms with Crippen molar-refractivity contribution in [1.82, 2.24) is 9.88 Å². The summed E-state index contributed by atoms with van der Waals surface area (Å²) in [6, 6.07) is 10.4. The van der Waals surface area contributed by atoms with Gasteiger partial charge in [0.25, 0.3) is 5.91 Å². The monoisotopic (exact) mass is 299 g/mol. The number of carbonyl (C=O) groups is 1. The Morgan fingerprint density at radius 3 is 2.45 bits per heavy atom. The maximum absolute atomic E-state index is 13.8. The Hall–Kier alpha value is -2.43. The molecule has 5 heteroatoms. The number of halogens is 1. The topological polar surface area (TPSA) is 36.4 Å². The number of anilines is 1. The minimum atomic E-state index is -0.218. The predicted molar refractivity (Wildman–Crippen MR) is 83.5 cm³/mol. The molecule has 1 fully saturated rings. The number of benzene rings is 1. The van der Waals surface area contributed by atoms with Crippen LogP contribution in [0, 0.1) is 12.7 Å². The van der Waals surface area contributed by atoms with Crippen LogP contribution in [0.25, 0.3) is 0 Å². The molecule has 1 saturated heterocycles. The molecule has 0 radical (unpaired) electrons. The van der Waals surface area contributed by atoms with Gasteiger partial charge in [0.05, 0.1) is 11.3 Å². The van der Waals surface area contributed by atoms with Crippen molar-refractivity contribution < 1.29 is 9.18 Å². The maximum Gasteiger partial charge on any atom is 0.255 e. The van der Waals surface area contributed by atoms with E-state index in [0.717, 1.165) is 5.69 Å². The van der Waals surface area contributed by atoms with Gasteiger partial charge in [0.15, 0.2) is 0 Å². The number of para-hydroxylation sites is 1. The highest BCUT2D eigenvalue weighted by molar-refractivity contribution is 5.94. The zero-order valence-corrected chi connectivity index (χ0v) is 12.5. The van der Waals surface area contributed by atoms with Crippen LogP contribution in [-0.2, 0) is 0 Å². The summed E-state index contributed by atoms with van der Waals surface area (Å²) in [4.78, 5) is 20.4. The fourth-order valence-electron chi connectivity index (χ4n) is 2.64. The Morgan fingerprint density at radius 2 is 1.82 bits per heavy atom. The molecule has 0 spiro atoms. The molecule has 0 aliphatic carbocycles. The number of piperazine rings is 1. The number of amides is 1. The fourth-order valence-corrected chi connectivity index (χ4v) is 2.64. The lowest BCUT2D eigenvalue weighted by Crippen LogP contribution is -2.49. The van der Waals surface area contributed by atoms with Gasteiger partial charge < -0.3 is 9.80 Å². The van der Waals surface area contributed by atoms with Crippen LogP contribution in [0.2, 0.25) is 0 Å². The zero-order valence-electron chi connectivity index (χ0n) is 12.5. The highest BCUT2D eigenvalue weighted by Gasteiger charge is 2.23. The van der Waals surface area contributed by atoms with E-state index in [0.29, 0.717) is 37.4 Å². The van der Waals surface area contributed by atoms with Gasteiger partial charge in [-0.15, -0.1) is 0 Å². The van der Waals surface area contributed by atoms with Crippen molar-refractivity contribution in [3.05, 3.63) is 59.7 Å². The second-order valence-corrected chi connectivity index (χ2v) is 5.42. The van der Waals surface area contributed by atoms with Crippen LogP contribution in [-0.4, -0.2) is 42.0 Å². The third-order valence-electron chi connectivity index (χ3n) is 3.92. The molecular weight excluding hydrogens is 281 g/mol. The third-order valence-corrected chi connectivity index (χ3v) is 3.92. The minimum Gasteiger partial charge on any atom is -0.366 e. The highest BCUT2D eigenvalue weighted by Crippen LogP contribution is 2.20. The molecule has 0 unspecified atom stereocenters. The average Bonchev–Trinajstić information content (AvgIpc) is 2.56. The molecule has 22 heavy (non-hydrogen) atoms. The van der Waals surface area contributed by atoms with Gasteiger partial charge in [0.1, 0.15) is 5.82 Å². The number of hydrogen-bond acceptors (Lipinski definition) is 3. The Labute approximate surface area is 129 Å². The first kappa shape index (κ1) is 14.5. The molecule has 3 rings (SSSR count).